The summed E-state index contributed by atoms with van der Waals surface area (Å²) in [4.78, 5) is 14.4. The lowest BCUT2D eigenvalue weighted by Gasteiger charge is -2.18. The van der Waals surface area contributed by atoms with Gasteiger partial charge in [0.25, 0.3) is 5.69 Å². The zero-order valence-corrected chi connectivity index (χ0v) is 15.6. The van der Waals surface area contributed by atoms with E-state index in [1.54, 1.807) is 26.3 Å². The number of nitrogens with zero attached hydrogens (tertiary/aromatic N) is 2. The van der Waals surface area contributed by atoms with E-state index in [-0.39, 0.29) is 11.8 Å². The van der Waals surface area contributed by atoms with Crippen molar-refractivity contribution in [3.05, 3.63) is 64.2 Å². The number of nitro groups is 1. The van der Waals surface area contributed by atoms with Crippen molar-refractivity contribution in [2.75, 3.05) is 20.7 Å². The first-order valence-corrected chi connectivity index (χ1v) is 8.50. The summed E-state index contributed by atoms with van der Waals surface area (Å²) in [6.07, 6.45) is -0.0879. The van der Waals surface area contributed by atoms with Crippen molar-refractivity contribution in [2.24, 2.45) is 4.99 Å². The molecule has 0 aliphatic heterocycles. The second-order valence-electron chi connectivity index (χ2n) is 5.84. The topological polar surface area (TPSA) is 98.0 Å². The van der Waals surface area contributed by atoms with Gasteiger partial charge in [-0.05, 0) is 24.6 Å². The number of non-ortho nitro benzene ring substituents is 1. The molecule has 8 nitrogen and oxygen atoms in total. The summed E-state index contributed by atoms with van der Waals surface area (Å²) in [5.74, 6) is 2.10. The molecular weight excluding hydrogens is 348 g/mol. The Morgan fingerprint density at radius 1 is 1.19 bits per heavy atom. The molecule has 0 spiro atoms. The second-order valence-corrected chi connectivity index (χ2v) is 5.84. The van der Waals surface area contributed by atoms with Gasteiger partial charge in [-0.25, -0.2) is 0 Å². The molecule has 1 unspecified atom stereocenters. The number of aliphatic imine (C=N–C) groups is 1. The van der Waals surface area contributed by atoms with Crippen molar-refractivity contribution in [1.82, 2.24) is 10.6 Å². The van der Waals surface area contributed by atoms with E-state index < -0.39 is 4.92 Å². The number of methoxy groups -OCH3 is 1. The average molecular weight is 372 g/mol. The van der Waals surface area contributed by atoms with Crippen molar-refractivity contribution in [1.29, 1.82) is 0 Å². The van der Waals surface area contributed by atoms with Crippen LogP contribution in [0.25, 0.3) is 0 Å². The molecule has 0 fully saturated rings. The minimum Gasteiger partial charge on any atom is -0.497 e. The highest BCUT2D eigenvalue weighted by Crippen LogP contribution is 2.19. The SMILES string of the molecule is CN=C(NCc1ccc([N+](=O)[O-])cc1)NCC(C)Oc1cccc(OC)c1. The average Bonchev–Trinajstić information content (AvgIpc) is 2.68. The maximum atomic E-state index is 10.7. The van der Waals surface area contributed by atoms with E-state index in [4.69, 9.17) is 9.47 Å². The smallest absolute Gasteiger partial charge is 0.269 e. The fraction of sp³-hybridized carbons (Fsp3) is 0.316. The van der Waals surface area contributed by atoms with Crippen molar-refractivity contribution >= 4 is 11.6 Å². The van der Waals surface area contributed by atoms with Crippen LogP contribution in [-0.4, -0.2) is 37.7 Å². The summed E-state index contributed by atoms with van der Waals surface area (Å²) >= 11 is 0. The van der Waals surface area contributed by atoms with Gasteiger partial charge in [-0.2, -0.15) is 0 Å². The maximum Gasteiger partial charge on any atom is 0.269 e. The van der Waals surface area contributed by atoms with Gasteiger partial charge in [-0.3, -0.25) is 15.1 Å². The number of nitro benzene ring substituents is 1. The summed E-state index contributed by atoms with van der Waals surface area (Å²) < 4.78 is 11.0. The van der Waals surface area contributed by atoms with Gasteiger partial charge in [-0.15, -0.1) is 0 Å². The van der Waals surface area contributed by atoms with E-state index in [0.29, 0.717) is 19.0 Å². The molecule has 0 saturated carbocycles. The Hall–Kier alpha value is -3.29. The lowest BCUT2D eigenvalue weighted by atomic mass is 10.2. The van der Waals surface area contributed by atoms with Crippen LogP contribution in [0.1, 0.15) is 12.5 Å². The molecule has 1 atom stereocenters. The van der Waals surface area contributed by atoms with E-state index in [9.17, 15) is 10.1 Å². The molecule has 0 aliphatic rings. The lowest BCUT2D eigenvalue weighted by Crippen LogP contribution is -2.41. The first-order valence-electron chi connectivity index (χ1n) is 8.50. The highest BCUT2D eigenvalue weighted by Gasteiger charge is 2.08. The van der Waals surface area contributed by atoms with Crippen LogP contribution in [0, 0.1) is 10.1 Å². The number of hydrogen-bond acceptors (Lipinski definition) is 5. The second kappa shape index (κ2) is 10.0. The molecule has 0 aromatic heterocycles. The van der Waals surface area contributed by atoms with Crippen LogP contribution in [-0.2, 0) is 6.54 Å². The predicted molar refractivity (Wildman–Crippen MR) is 104 cm³/mol. The third-order valence-electron chi connectivity index (χ3n) is 3.77. The molecular formula is C19H24N4O4. The highest BCUT2D eigenvalue weighted by molar-refractivity contribution is 5.79. The minimum absolute atomic E-state index is 0.0739. The fourth-order valence-corrected chi connectivity index (χ4v) is 2.33. The Morgan fingerprint density at radius 3 is 2.52 bits per heavy atom. The molecule has 8 heteroatoms. The molecule has 0 saturated heterocycles. The third-order valence-corrected chi connectivity index (χ3v) is 3.77. The molecule has 0 bridgehead atoms. The normalized spacial score (nSPS) is 12.2. The van der Waals surface area contributed by atoms with Crippen LogP contribution in [0.2, 0.25) is 0 Å². The summed E-state index contributed by atoms with van der Waals surface area (Å²) in [5, 5.41) is 17.0. The lowest BCUT2D eigenvalue weighted by molar-refractivity contribution is -0.384. The number of benzene rings is 2. The van der Waals surface area contributed by atoms with Crippen LogP contribution in [0.4, 0.5) is 5.69 Å². The maximum absolute atomic E-state index is 10.7. The molecule has 27 heavy (non-hydrogen) atoms. The van der Waals surface area contributed by atoms with Gasteiger partial charge in [-0.1, -0.05) is 18.2 Å². The van der Waals surface area contributed by atoms with E-state index in [1.807, 2.05) is 31.2 Å². The largest absolute Gasteiger partial charge is 0.497 e. The fourth-order valence-electron chi connectivity index (χ4n) is 2.33. The monoisotopic (exact) mass is 372 g/mol. The molecule has 2 aromatic carbocycles. The molecule has 0 heterocycles. The van der Waals surface area contributed by atoms with Gasteiger partial charge in [0.05, 0.1) is 18.6 Å². The van der Waals surface area contributed by atoms with Gasteiger partial charge in [0.1, 0.15) is 17.6 Å². The van der Waals surface area contributed by atoms with Crippen molar-refractivity contribution in [3.8, 4) is 11.5 Å². The molecule has 144 valence electrons. The highest BCUT2D eigenvalue weighted by atomic mass is 16.6. The summed E-state index contributed by atoms with van der Waals surface area (Å²) in [6, 6.07) is 13.8. The number of hydrogen-bond donors (Lipinski definition) is 2. The zero-order valence-electron chi connectivity index (χ0n) is 15.6. The van der Waals surface area contributed by atoms with E-state index in [1.165, 1.54) is 12.1 Å². The Kier molecular flexibility index (Phi) is 7.42. The first-order chi connectivity index (χ1) is 13.0. The van der Waals surface area contributed by atoms with Gasteiger partial charge in [0, 0.05) is 31.8 Å². The zero-order chi connectivity index (χ0) is 19.6. The predicted octanol–water partition coefficient (Wildman–Crippen LogP) is 2.74. The molecule has 0 amide bonds. The van der Waals surface area contributed by atoms with Crippen LogP contribution in [0.3, 0.4) is 0 Å². The van der Waals surface area contributed by atoms with Crippen LogP contribution in [0.5, 0.6) is 11.5 Å². The van der Waals surface area contributed by atoms with Crippen LogP contribution in [0.15, 0.2) is 53.5 Å². The summed E-state index contributed by atoms with van der Waals surface area (Å²) in [7, 11) is 3.30. The van der Waals surface area contributed by atoms with E-state index >= 15 is 0 Å². The number of guanidine groups is 1. The van der Waals surface area contributed by atoms with E-state index in [2.05, 4.69) is 15.6 Å². The summed E-state index contributed by atoms with van der Waals surface area (Å²) in [5.41, 5.74) is 0.994. The number of ether oxygens (including phenoxy) is 2. The molecule has 0 radical (unpaired) electrons. The molecule has 2 rings (SSSR count). The molecule has 2 aromatic rings. The van der Waals surface area contributed by atoms with E-state index in [0.717, 1.165) is 17.1 Å². The number of rotatable bonds is 8. The van der Waals surface area contributed by atoms with Crippen molar-refractivity contribution in [3.63, 3.8) is 0 Å². The molecule has 0 aliphatic carbocycles. The van der Waals surface area contributed by atoms with Gasteiger partial charge < -0.3 is 20.1 Å². The summed E-state index contributed by atoms with van der Waals surface area (Å²) in [6.45, 7) is 3.01. The third kappa shape index (κ3) is 6.50. The Morgan fingerprint density at radius 2 is 1.89 bits per heavy atom. The minimum atomic E-state index is -0.415. The number of nitrogens with one attached hydrogen (secondary N) is 2. The Bertz CT molecular complexity index is 778. The Labute approximate surface area is 158 Å². The van der Waals surface area contributed by atoms with Crippen molar-refractivity contribution < 1.29 is 14.4 Å². The Balaban J connectivity index is 1.79. The standard InChI is InChI=1S/C19H24N4O4/c1-14(27-18-6-4-5-17(11-18)26-3)12-21-19(20-2)22-13-15-7-9-16(10-8-15)23(24)25/h4-11,14H,12-13H2,1-3H3,(H2,20,21,22). The molecule has 2 N–H and O–H groups in total. The quantitative estimate of drug-likeness (QED) is 0.320. The van der Waals surface area contributed by atoms with Crippen molar-refractivity contribution in [2.45, 2.75) is 19.6 Å². The van der Waals surface area contributed by atoms with Gasteiger partial charge >= 0.3 is 0 Å². The van der Waals surface area contributed by atoms with Gasteiger partial charge in [0.2, 0.25) is 0 Å². The van der Waals surface area contributed by atoms with Crippen LogP contribution >= 0.6 is 0 Å². The van der Waals surface area contributed by atoms with Crippen LogP contribution < -0.4 is 20.1 Å². The van der Waals surface area contributed by atoms with Gasteiger partial charge in [0.15, 0.2) is 5.96 Å². The first kappa shape index (κ1) is 20.0.